The van der Waals surface area contributed by atoms with Gasteiger partial charge in [0.05, 0.1) is 6.54 Å². The third-order valence-corrected chi connectivity index (χ3v) is 3.76. The molecule has 1 atom stereocenters. The van der Waals surface area contributed by atoms with Crippen LogP contribution < -0.4 is 10.6 Å². The Morgan fingerprint density at radius 3 is 2.64 bits per heavy atom. The van der Waals surface area contributed by atoms with E-state index in [0.717, 1.165) is 24.5 Å². The highest BCUT2D eigenvalue weighted by Crippen LogP contribution is 2.18. The van der Waals surface area contributed by atoms with Gasteiger partial charge in [-0.2, -0.15) is 4.98 Å². The third-order valence-electron chi connectivity index (χ3n) is 3.51. The van der Waals surface area contributed by atoms with Gasteiger partial charge in [-0.3, -0.25) is 4.99 Å². The fraction of sp³-hybridized carbons (Fsp3) is 0.471. The molecule has 1 heterocycles. The molecule has 1 unspecified atom stereocenters. The number of halogens is 2. The van der Waals surface area contributed by atoms with Crippen LogP contribution in [0.4, 0.5) is 0 Å². The number of hydrogen-bond acceptors (Lipinski definition) is 4. The van der Waals surface area contributed by atoms with Crippen molar-refractivity contribution in [2.45, 2.75) is 39.7 Å². The Labute approximate surface area is 170 Å². The first kappa shape index (κ1) is 21.7. The summed E-state index contributed by atoms with van der Waals surface area (Å²) in [6.45, 7) is 7.71. The van der Waals surface area contributed by atoms with Crippen molar-refractivity contribution >= 4 is 41.5 Å². The minimum absolute atomic E-state index is 0. The van der Waals surface area contributed by atoms with Gasteiger partial charge >= 0.3 is 0 Å². The van der Waals surface area contributed by atoms with Crippen molar-refractivity contribution in [3.63, 3.8) is 0 Å². The average Bonchev–Trinajstić information content (AvgIpc) is 3.04. The standard InChI is InChI=1S/C17H24ClN5O.HI/c1-4-12(3)21-17(19-5-2)20-11-10-15-22-16(23-24-15)13-6-8-14(18)9-7-13;/h6-9,12H,4-5,10-11H2,1-3H3,(H2,19,20,21);1H. The molecule has 0 aliphatic heterocycles. The van der Waals surface area contributed by atoms with Crippen LogP contribution in [0, 0.1) is 0 Å². The van der Waals surface area contributed by atoms with E-state index in [1.165, 1.54) is 0 Å². The van der Waals surface area contributed by atoms with E-state index in [2.05, 4.69) is 39.6 Å². The third kappa shape index (κ3) is 7.19. The molecule has 0 amide bonds. The van der Waals surface area contributed by atoms with Gasteiger partial charge in [-0.1, -0.05) is 23.7 Å². The van der Waals surface area contributed by atoms with Gasteiger partial charge in [0.2, 0.25) is 11.7 Å². The van der Waals surface area contributed by atoms with E-state index in [1.807, 2.05) is 19.1 Å². The number of aliphatic imine (C=N–C) groups is 1. The Morgan fingerprint density at radius 2 is 2.00 bits per heavy atom. The molecule has 0 aliphatic rings. The highest BCUT2D eigenvalue weighted by Gasteiger charge is 2.08. The molecule has 0 saturated heterocycles. The maximum atomic E-state index is 5.88. The molecule has 0 spiro atoms. The summed E-state index contributed by atoms with van der Waals surface area (Å²) >= 11 is 5.88. The maximum absolute atomic E-state index is 5.88. The minimum atomic E-state index is 0. The molecule has 0 aliphatic carbocycles. The topological polar surface area (TPSA) is 75.3 Å². The lowest BCUT2D eigenvalue weighted by atomic mass is 10.2. The number of nitrogens with zero attached hydrogens (tertiary/aromatic N) is 3. The Morgan fingerprint density at radius 1 is 1.28 bits per heavy atom. The van der Waals surface area contributed by atoms with E-state index in [4.69, 9.17) is 16.1 Å². The van der Waals surface area contributed by atoms with E-state index in [9.17, 15) is 0 Å². The number of aromatic nitrogens is 2. The largest absolute Gasteiger partial charge is 0.357 e. The second kappa shape index (κ2) is 11.3. The number of nitrogens with one attached hydrogen (secondary N) is 2. The SMILES string of the molecule is CCNC(=NCCc1nc(-c2ccc(Cl)cc2)no1)NC(C)CC.I. The highest BCUT2D eigenvalue weighted by molar-refractivity contribution is 14.0. The van der Waals surface area contributed by atoms with Crippen LogP contribution >= 0.6 is 35.6 Å². The maximum Gasteiger partial charge on any atom is 0.228 e. The van der Waals surface area contributed by atoms with E-state index in [-0.39, 0.29) is 24.0 Å². The lowest BCUT2D eigenvalue weighted by molar-refractivity contribution is 0.380. The van der Waals surface area contributed by atoms with Gasteiger partial charge in [-0.25, -0.2) is 0 Å². The minimum Gasteiger partial charge on any atom is -0.357 e. The molecule has 0 radical (unpaired) electrons. The number of guanidine groups is 1. The van der Waals surface area contributed by atoms with Gasteiger partial charge in [-0.05, 0) is 44.5 Å². The second-order valence-electron chi connectivity index (χ2n) is 5.48. The number of rotatable bonds is 7. The quantitative estimate of drug-likeness (QED) is 0.359. The zero-order valence-corrected chi connectivity index (χ0v) is 17.8. The average molecular weight is 478 g/mol. The molecule has 6 nitrogen and oxygen atoms in total. The molecular weight excluding hydrogens is 453 g/mol. The summed E-state index contributed by atoms with van der Waals surface area (Å²) in [6, 6.07) is 7.73. The van der Waals surface area contributed by atoms with Crippen molar-refractivity contribution in [1.29, 1.82) is 0 Å². The zero-order chi connectivity index (χ0) is 17.4. The summed E-state index contributed by atoms with van der Waals surface area (Å²) in [4.78, 5) is 8.94. The molecule has 2 aromatic rings. The molecular formula is C17H25ClIN5O. The van der Waals surface area contributed by atoms with E-state index < -0.39 is 0 Å². The zero-order valence-electron chi connectivity index (χ0n) is 14.8. The fourth-order valence-electron chi connectivity index (χ4n) is 1.99. The molecule has 0 saturated carbocycles. The van der Waals surface area contributed by atoms with Gasteiger partial charge in [0.15, 0.2) is 5.96 Å². The monoisotopic (exact) mass is 477 g/mol. The van der Waals surface area contributed by atoms with Crippen LogP contribution in [0.2, 0.25) is 5.02 Å². The first-order chi connectivity index (χ1) is 11.6. The van der Waals surface area contributed by atoms with Crippen LogP contribution in [-0.2, 0) is 6.42 Å². The van der Waals surface area contributed by atoms with Crippen molar-refractivity contribution in [2.24, 2.45) is 4.99 Å². The van der Waals surface area contributed by atoms with Gasteiger partial charge in [-0.15, -0.1) is 24.0 Å². The lowest BCUT2D eigenvalue weighted by Crippen LogP contribution is -2.42. The van der Waals surface area contributed by atoms with Crippen LogP contribution in [0.5, 0.6) is 0 Å². The first-order valence-electron chi connectivity index (χ1n) is 8.25. The van der Waals surface area contributed by atoms with Crippen molar-refractivity contribution < 1.29 is 4.52 Å². The first-order valence-corrected chi connectivity index (χ1v) is 8.63. The van der Waals surface area contributed by atoms with Crippen LogP contribution in [-0.4, -0.2) is 35.2 Å². The number of hydrogen-bond donors (Lipinski definition) is 2. The molecule has 25 heavy (non-hydrogen) atoms. The van der Waals surface area contributed by atoms with Gasteiger partial charge in [0.25, 0.3) is 0 Å². The summed E-state index contributed by atoms with van der Waals surface area (Å²) in [5.41, 5.74) is 0.879. The van der Waals surface area contributed by atoms with E-state index in [1.54, 1.807) is 12.1 Å². The van der Waals surface area contributed by atoms with E-state index in [0.29, 0.717) is 35.7 Å². The molecule has 138 valence electrons. The lowest BCUT2D eigenvalue weighted by Gasteiger charge is -2.15. The predicted molar refractivity (Wildman–Crippen MR) is 113 cm³/mol. The Balaban J connectivity index is 0.00000312. The smallest absolute Gasteiger partial charge is 0.228 e. The van der Waals surface area contributed by atoms with Gasteiger partial charge in [0.1, 0.15) is 0 Å². The summed E-state index contributed by atoms with van der Waals surface area (Å²) in [7, 11) is 0. The Hall–Kier alpha value is -1.35. The second-order valence-corrected chi connectivity index (χ2v) is 5.92. The number of benzene rings is 1. The molecule has 8 heteroatoms. The molecule has 2 rings (SSSR count). The van der Waals surface area contributed by atoms with Gasteiger partial charge in [0, 0.05) is 29.6 Å². The molecule has 0 fully saturated rings. The van der Waals surface area contributed by atoms with Crippen molar-refractivity contribution in [2.75, 3.05) is 13.1 Å². The van der Waals surface area contributed by atoms with Crippen molar-refractivity contribution in [3.8, 4) is 11.4 Å². The van der Waals surface area contributed by atoms with Crippen molar-refractivity contribution in [1.82, 2.24) is 20.8 Å². The van der Waals surface area contributed by atoms with Gasteiger partial charge < -0.3 is 15.2 Å². The highest BCUT2D eigenvalue weighted by atomic mass is 127. The predicted octanol–water partition coefficient (Wildman–Crippen LogP) is 3.90. The molecule has 0 bridgehead atoms. The summed E-state index contributed by atoms with van der Waals surface area (Å²) in [5, 5.41) is 11.3. The molecule has 2 N–H and O–H groups in total. The van der Waals surface area contributed by atoms with Crippen LogP contribution in [0.15, 0.2) is 33.8 Å². The van der Waals surface area contributed by atoms with Crippen LogP contribution in [0.25, 0.3) is 11.4 Å². The molecule has 1 aromatic heterocycles. The summed E-state index contributed by atoms with van der Waals surface area (Å²) in [6.07, 6.45) is 1.64. The normalized spacial score (nSPS) is 12.4. The molecule has 1 aromatic carbocycles. The summed E-state index contributed by atoms with van der Waals surface area (Å²) < 4.78 is 5.29. The Kier molecular flexibility index (Phi) is 9.81. The van der Waals surface area contributed by atoms with Crippen LogP contribution in [0.1, 0.15) is 33.1 Å². The van der Waals surface area contributed by atoms with Crippen molar-refractivity contribution in [3.05, 3.63) is 35.2 Å². The fourth-order valence-corrected chi connectivity index (χ4v) is 2.12. The van der Waals surface area contributed by atoms with E-state index >= 15 is 0 Å². The summed E-state index contributed by atoms with van der Waals surface area (Å²) in [5.74, 6) is 1.95. The van der Waals surface area contributed by atoms with Crippen LogP contribution in [0.3, 0.4) is 0 Å². The Bertz CT molecular complexity index is 659.